The minimum atomic E-state index is -0.994. The van der Waals surface area contributed by atoms with Crippen molar-refractivity contribution in [3.8, 4) is 0 Å². The molecule has 0 spiro atoms. The molecule has 1 fully saturated rings. The number of carbonyl (C=O) groups excluding carboxylic acids is 1. The van der Waals surface area contributed by atoms with Crippen LogP contribution in [0.2, 0.25) is 0 Å². The van der Waals surface area contributed by atoms with Crippen LogP contribution in [0.5, 0.6) is 0 Å². The number of rotatable bonds is 4. The van der Waals surface area contributed by atoms with Crippen LogP contribution in [-0.2, 0) is 4.79 Å². The molecule has 3 N–H and O–H groups in total. The first-order chi connectivity index (χ1) is 8.78. The summed E-state index contributed by atoms with van der Waals surface area (Å²) in [5.74, 6) is -1.22. The van der Waals surface area contributed by atoms with Crippen LogP contribution in [0.25, 0.3) is 0 Å². The fraction of sp³-hybridized carbons (Fsp3) is 0.615. The fourth-order valence-electron chi connectivity index (χ4n) is 2.46. The van der Waals surface area contributed by atoms with E-state index in [1.165, 1.54) is 0 Å². The Hall–Kier alpha value is -1.85. The van der Waals surface area contributed by atoms with E-state index < -0.39 is 16.9 Å². The molecule has 1 saturated carbocycles. The van der Waals surface area contributed by atoms with Crippen LogP contribution >= 0.6 is 0 Å². The zero-order valence-corrected chi connectivity index (χ0v) is 11.4. The minimum Gasteiger partial charge on any atom is -0.481 e. The molecule has 1 aromatic rings. The monoisotopic (exact) mass is 265 g/mol. The fourth-order valence-corrected chi connectivity index (χ4v) is 2.46. The van der Waals surface area contributed by atoms with Gasteiger partial charge in [0.15, 0.2) is 0 Å². The van der Waals surface area contributed by atoms with Crippen molar-refractivity contribution < 1.29 is 14.7 Å². The quantitative estimate of drug-likeness (QED) is 0.768. The van der Waals surface area contributed by atoms with Crippen molar-refractivity contribution in [3.63, 3.8) is 0 Å². The molecule has 1 amide bonds. The van der Waals surface area contributed by atoms with Crippen LogP contribution in [0.15, 0.2) is 6.07 Å². The molecule has 0 radical (unpaired) electrons. The number of aromatic nitrogens is 2. The molecular weight excluding hydrogens is 246 g/mol. The van der Waals surface area contributed by atoms with Gasteiger partial charge in [-0.2, -0.15) is 5.10 Å². The lowest BCUT2D eigenvalue weighted by Gasteiger charge is -2.51. The Morgan fingerprint density at radius 1 is 1.47 bits per heavy atom. The van der Waals surface area contributed by atoms with E-state index in [0.29, 0.717) is 18.5 Å². The second-order valence-corrected chi connectivity index (χ2v) is 5.76. The summed E-state index contributed by atoms with van der Waals surface area (Å²) in [6.07, 6.45) is 2.29. The number of carbonyl (C=O) groups is 2. The van der Waals surface area contributed by atoms with Crippen LogP contribution in [0, 0.1) is 12.3 Å². The lowest BCUT2D eigenvalue weighted by molar-refractivity contribution is -0.154. The van der Waals surface area contributed by atoms with E-state index >= 15 is 0 Å². The van der Waals surface area contributed by atoms with Crippen LogP contribution in [-0.4, -0.2) is 32.7 Å². The highest BCUT2D eigenvalue weighted by molar-refractivity contribution is 5.93. The highest BCUT2D eigenvalue weighted by Gasteiger charge is 2.54. The molecule has 2 rings (SSSR count). The van der Waals surface area contributed by atoms with Gasteiger partial charge in [0.25, 0.3) is 5.91 Å². The van der Waals surface area contributed by atoms with Gasteiger partial charge in [-0.15, -0.1) is 0 Å². The van der Waals surface area contributed by atoms with E-state index in [2.05, 4.69) is 15.5 Å². The van der Waals surface area contributed by atoms with Crippen molar-refractivity contribution in [2.45, 2.75) is 45.6 Å². The van der Waals surface area contributed by atoms with Gasteiger partial charge < -0.3 is 10.4 Å². The molecule has 0 bridgehead atoms. The summed E-state index contributed by atoms with van der Waals surface area (Å²) in [5, 5.41) is 18.8. The van der Waals surface area contributed by atoms with Gasteiger partial charge in [0.1, 0.15) is 5.69 Å². The topological polar surface area (TPSA) is 95.1 Å². The van der Waals surface area contributed by atoms with E-state index in [4.69, 9.17) is 0 Å². The lowest BCUT2D eigenvalue weighted by atomic mass is 9.60. The van der Waals surface area contributed by atoms with Crippen LogP contribution in [0.3, 0.4) is 0 Å². The molecule has 0 aromatic carbocycles. The molecule has 1 aliphatic carbocycles. The number of aryl methyl sites for hydroxylation is 1. The largest absolute Gasteiger partial charge is 0.481 e. The van der Waals surface area contributed by atoms with E-state index in [9.17, 15) is 14.7 Å². The van der Waals surface area contributed by atoms with Crippen molar-refractivity contribution in [1.29, 1.82) is 0 Å². The SMILES string of the molecule is Cc1cc(C(=O)NC2(C(C)(C)C(=O)O)CCC2)n[nH]1. The highest BCUT2D eigenvalue weighted by atomic mass is 16.4. The summed E-state index contributed by atoms with van der Waals surface area (Å²) in [6, 6.07) is 1.65. The summed E-state index contributed by atoms with van der Waals surface area (Å²) >= 11 is 0. The molecule has 104 valence electrons. The molecule has 6 nitrogen and oxygen atoms in total. The lowest BCUT2D eigenvalue weighted by Crippen LogP contribution is -2.64. The van der Waals surface area contributed by atoms with E-state index in [1.54, 1.807) is 19.9 Å². The summed E-state index contributed by atoms with van der Waals surface area (Å²) in [5.41, 5.74) is -0.579. The minimum absolute atomic E-state index is 0.296. The molecule has 0 saturated heterocycles. The Morgan fingerprint density at radius 2 is 2.11 bits per heavy atom. The molecule has 19 heavy (non-hydrogen) atoms. The number of nitrogens with one attached hydrogen (secondary N) is 2. The first-order valence-electron chi connectivity index (χ1n) is 6.36. The number of amides is 1. The van der Waals surface area contributed by atoms with Crippen LogP contribution < -0.4 is 5.32 Å². The average molecular weight is 265 g/mol. The van der Waals surface area contributed by atoms with E-state index in [1.807, 2.05) is 6.92 Å². The Kier molecular flexibility index (Phi) is 3.12. The highest BCUT2D eigenvalue weighted by Crippen LogP contribution is 2.46. The first kappa shape index (κ1) is 13.6. The number of aromatic amines is 1. The third kappa shape index (κ3) is 2.11. The number of H-pyrrole nitrogens is 1. The van der Waals surface area contributed by atoms with Crippen molar-refractivity contribution in [2.24, 2.45) is 5.41 Å². The molecule has 1 aliphatic rings. The predicted molar refractivity (Wildman–Crippen MR) is 68.8 cm³/mol. The third-order valence-electron chi connectivity index (χ3n) is 4.23. The molecule has 1 heterocycles. The Bertz CT molecular complexity index is 515. The van der Waals surface area contributed by atoms with Gasteiger partial charge >= 0.3 is 5.97 Å². The number of carboxylic acids is 1. The number of nitrogens with zero attached hydrogens (tertiary/aromatic N) is 1. The second-order valence-electron chi connectivity index (χ2n) is 5.76. The van der Waals surface area contributed by atoms with Gasteiger partial charge in [-0.05, 0) is 46.1 Å². The third-order valence-corrected chi connectivity index (χ3v) is 4.23. The summed E-state index contributed by atoms with van der Waals surface area (Å²) < 4.78 is 0. The number of hydrogen-bond acceptors (Lipinski definition) is 3. The van der Waals surface area contributed by atoms with Crippen molar-refractivity contribution >= 4 is 11.9 Å². The Balaban J connectivity index is 2.20. The molecule has 1 aromatic heterocycles. The van der Waals surface area contributed by atoms with Gasteiger partial charge in [-0.3, -0.25) is 14.7 Å². The predicted octanol–water partition coefficient (Wildman–Crippen LogP) is 1.48. The van der Waals surface area contributed by atoms with Crippen molar-refractivity contribution in [1.82, 2.24) is 15.5 Å². The second kappa shape index (κ2) is 4.36. The van der Waals surface area contributed by atoms with Gasteiger partial charge in [0.2, 0.25) is 0 Å². The number of hydrogen-bond donors (Lipinski definition) is 3. The maximum absolute atomic E-state index is 12.1. The average Bonchev–Trinajstić information content (AvgIpc) is 2.69. The smallest absolute Gasteiger partial charge is 0.311 e. The Morgan fingerprint density at radius 3 is 2.47 bits per heavy atom. The standard InChI is InChI=1S/C13H19N3O3/c1-8-7-9(16-15-8)10(17)14-13(5-4-6-13)12(2,3)11(18)19/h7H,4-6H2,1-3H3,(H,14,17)(H,15,16)(H,18,19). The maximum Gasteiger partial charge on any atom is 0.311 e. The van der Waals surface area contributed by atoms with E-state index in [-0.39, 0.29) is 5.91 Å². The molecule has 6 heteroatoms. The number of carboxylic acid groups (broad SMARTS) is 1. The van der Waals surface area contributed by atoms with Gasteiger partial charge in [0.05, 0.1) is 11.0 Å². The van der Waals surface area contributed by atoms with Crippen LogP contribution in [0.1, 0.15) is 49.3 Å². The molecular formula is C13H19N3O3. The van der Waals surface area contributed by atoms with Gasteiger partial charge in [-0.1, -0.05) is 0 Å². The summed E-state index contributed by atoms with van der Waals surface area (Å²) in [6.45, 7) is 5.12. The van der Waals surface area contributed by atoms with Crippen LogP contribution in [0.4, 0.5) is 0 Å². The zero-order valence-electron chi connectivity index (χ0n) is 11.4. The van der Waals surface area contributed by atoms with Gasteiger partial charge in [0, 0.05) is 5.69 Å². The summed E-state index contributed by atoms with van der Waals surface area (Å²) in [4.78, 5) is 23.6. The Labute approximate surface area is 111 Å². The summed E-state index contributed by atoms with van der Waals surface area (Å²) in [7, 11) is 0. The van der Waals surface area contributed by atoms with E-state index in [0.717, 1.165) is 12.1 Å². The van der Waals surface area contributed by atoms with Crippen molar-refractivity contribution in [3.05, 3.63) is 17.5 Å². The molecule has 0 unspecified atom stereocenters. The first-order valence-corrected chi connectivity index (χ1v) is 6.36. The van der Waals surface area contributed by atoms with Crippen molar-refractivity contribution in [2.75, 3.05) is 0 Å². The maximum atomic E-state index is 12.1. The molecule has 0 aliphatic heterocycles. The number of aliphatic carboxylic acids is 1. The zero-order chi connectivity index (χ0) is 14.3. The molecule has 0 atom stereocenters. The normalized spacial score (nSPS) is 17.6. The van der Waals surface area contributed by atoms with Gasteiger partial charge in [-0.25, -0.2) is 0 Å².